The van der Waals surface area contributed by atoms with Gasteiger partial charge in [0, 0.05) is 24.3 Å². The lowest BCUT2D eigenvalue weighted by molar-refractivity contribution is -0.119. The molecule has 134 valence electrons. The van der Waals surface area contributed by atoms with E-state index in [2.05, 4.69) is 22.9 Å². The first-order valence-electron chi connectivity index (χ1n) is 9.06. The second-order valence-electron chi connectivity index (χ2n) is 6.00. The number of carbonyl (C=O) groups is 2. The Labute approximate surface area is 145 Å². The van der Waals surface area contributed by atoms with Crippen molar-refractivity contribution < 1.29 is 9.59 Å². The van der Waals surface area contributed by atoms with Crippen molar-refractivity contribution in [3.63, 3.8) is 0 Å². The Hall–Kier alpha value is -2.04. The maximum absolute atomic E-state index is 11.8. The van der Waals surface area contributed by atoms with Gasteiger partial charge in [-0.05, 0) is 31.0 Å². The van der Waals surface area contributed by atoms with E-state index in [-0.39, 0.29) is 18.4 Å². The van der Waals surface area contributed by atoms with Gasteiger partial charge in [-0.25, -0.2) is 0 Å². The van der Waals surface area contributed by atoms with Crippen LogP contribution in [0.3, 0.4) is 0 Å². The predicted octanol–water partition coefficient (Wildman–Crippen LogP) is 3.92. The van der Waals surface area contributed by atoms with Crippen LogP contribution in [0.4, 0.5) is 11.4 Å². The lowest BCUT2D eigenvalue weighted by atomic mass is 10.1. The molecule has 2 amide bonds. The van der Waals surface area contributed by atoms with E-state index in [1.165, 1.54) is 25.7 Å². The maximum Gasteiger partial charge on any atom is 0.239 e. The van der Waals surface area contributed by atoms with Crippen molar-refractivity contribution in [2.75, 3.05) is 23.7 Å². The van der Waals surface area contributed by atoms with Crippen LogP contribution >= 0.6 is 0 Å². The molecule has 0 aromatic heterocycles. The predicted molar refractivity (Wildman–Crippen MR) is 100 cm³/mol. The lowest BCUT2D eigenvalue weighted by Crippen LogP contribution is -2.30. The molecule has 0 aliphatic rings. The Morgan fingerprint density at radius 3 is 2.42 bits per heavy atom. The van der Waals surface area contributed by atoms with E-state index in [4.69, 9.17) is 0 Å². The SMILES string of the molecule is CCCCCCCNC(=O)CNc1cccc(NC(=O)CCC)c1. The zero-order valence-corrected chi connectivity index (χ0v) is 15.0. The molecule has 0 aliphatic carbocycles. The molecule has 1 rings (SSSR count). The molecule has 5 nitrogen and oxygen atoms in total. The molecule has 3 N–H and O–H groups in total. The number of hydrogen-bond donors (Lipinski definition) is 3. The van der Waals surface area contributed by atoms with Gasteiger partial charge in [-0.1, -0.05) is 45.6 Å². The average molecular weight is 333 g/mol. The minimum atomic E-state index is -0.00841. The maximum atomic E-state index is 11.8. The summed E-state index contributed by atoms with van der Waals surface area (Å²) in [5, 5.41) is 8.86. The van der Waals surface area contributed by atoms with Crippen LogP contribution in [-0.2, 0) is 9.59 Å². The standard InChI is InChI=1S/C19H31N3O2/c1-3-5-6-7-8-13-20-19(24)15-21-16-11-9-12-17(14-16)22-18(23)10-4-2/h9,11-12,14,21H,3-8,10,13,15H2,1-2H3,(H,20,24)(H,22,23). The number of rotatable bonds is 12. The molecule has 0 bridgehead atoms. The van der Waals surface area contributed by atoms with E-state index >= 15 is 0 Å². The van der Waals surface area contributed by atoms with Crippen LogP contribution in [0.15, 0.2) is 24.3 Å². The van der Waals surface area contributed by atoms with Crippen molar-refractivity contribution in [2.24, 2.45) is 0 Å². The smallest absolute Gasteiger partial charge is 0.239 e. The summed E-state index contributed by atoms with van der Waals surface area (Å²) < 4.78 is 0. The fourth-order valence-corrected chi connectivity index (χ4v) is 2.36. The topological polar surface area (TPSA) is 70.2 Å². The van der Waals surface area contributed by atoms with Gasteiger partial charge in [0.05, 0.1) is 6.54 Å². The van der Waals surface area contributed by atoms with Gasteiger partial charge >= 0.3 is 0 Å². The molecule has 0 spiro atoms. The van der Waals surface area contributed by atoms with Crippen LogP contribution in [-0.4, -0.2) is 24.9 Å². The van der Waals surface area contributed by atoms with Crippen LogP contribution in [0.1, 0.15) is 58.8 Å². The molecule has 0 aliphatic heterocycles. The van der Waals surface area contributed by atoms with Crippen molar-refractivity contribution in [3.8, 4) is 0 Å². The monoisotopic (exact) mass is 333 g/mol. The number of amides is 2. The fourth-order valence-electron chi connectivity index (χ4n) is 2.36. The second-order valence-corrected chi connectivity index (χ2v) is 6.00. The van der Waals surface area contributed by atoms with E-state index < -0.39 is 0 Å². The molecule has 1 aromatic rings. The Kier molecular flexibility index (Phi) is 10.3. The minimum absolute atomic E-state index is 0.00841. The molecule has 1 aromatic carbocycles. The number of nitrogens with one attached hydrogen (secondary N) is 3. The van der Waals surface area contributed by atoms with Gasteiger partial charge < -0.3 is 16.0 Å². The van der Waals surface area contributed by atoms with Crippen molar-refractivity contribution in [2.45, 2.75) is 58.8 Å². The third kappa shape index (κ3) is 9.18. The summed E-state index contributed by atoms with van der Waals surface area (Å²) in [7, 11) is 0. The summed E-state index contributed by atoms with van der Waals surface area (Å²) in [6.45, 7) is 5.14. The largest absolute Gasteiger partial charge is 0.376 e. The first kappa shape index (κ1) is 20.0. The van der Waals surface area contributed by atoms with Crippen LogP contribution in [0, 0.1) is 0 Å². The molecule has 0 heterocycles. The van der Waals surface area contributed by atoms with Crippen LogP contribution < -0.4 is 16.0 Å². The zero-order valence-electron chi connectivity index (χ0n) is 15.0. The highest BCUT2D eigenvalue weighted by atomic mass is 16.2. The van der Waals surface area contributed by atoms with E-state index in [0.717, 1.165) is 30.8 Å². The number of unbranched alkanes of at least 4 members (excludes halogenated alkanes) is 4. The van der Waals surface area contributed by atoms with Gasteiger partial charge in [0.15, 0.2) is 0 Å². The van der Waals surface area contributed by atoms with Gasteiger partial charge in [-0.15, -0.1) is 0 Å². The lowest BCUT2D eigenvalue weighted by Gasteiger charge is -2.10. The minimum Gasteiger partial charge on any atom is -0.376 e. The number of anilines is 2. The van der Waals surface area contributed by atoms with E-state index in [1.807, 2.05) is 31.2 Å². The van der Waals surface area contributed by atoms with E-state index in [9.17, 15) is 9.59 Å². The zero-order chi connectivity index (χ0) is 17.6. The van der Waals surface area contributed by atoms with Crippen LogP contribution in [0.5, 0.6) is 0 Å². The highest BCUT2D eigenvalue weighted by Gasteiger charge is 2.03. The summed E-state index contributed by atoms with van der Waals surface area (Å²) in [5.41, 5.74) is 1.57. The molecule has 5 heteroatoms. The Balaban J connectivity index is 2.26. The van der Waals surface area contributed by atoms with Gasteiger partial charge in [-0.2, -0.15) is 0 Å². The molecule has 0 unspecified atom stereocenters. The van der Waals surface area contributed by atoms with E-state index in [1.54, 1.807) is 0 Å². The molecule has 0 saturated heterocycles. The summed E-state index contributed by atoms with van der Waals surface area (Å²) in [6.07, 6.45) is 7.27. The molecule has 0 atom stereocenters. The van der Waals surface area contributed by atoms with Crippen molar-refractivity contribution >= 4 is 23.2 Å². The van der Waals surface area contributed by atoms with Crippen molar-refractivity contribution in [1.29, 1.82) is 0 Å². The second kappa shape index (κ2) is 12.4. The normalized spacial score (nSPS) is 10.2. The summed E-state index contributed by atoms with van der Waals surface area (Å²) in [6, 6.07) is 7.42. The molecule has 0 radical (unpaired) electrons. The van der Waals surface area contributed by atoms with Gasteiger partial charge in [0.1, 0.15) is 0 Å². The Morgan fingerprint density at radius 1 is 0.917 bits per heavy atom. The fraction of sp³-hybridized carbons (Fsp3) is 0.579. The van der Waals surface area contributed by atoms with Crippen molar-refractivity contribution in [1.82, 2.24) is 5.32 Å². The molecule has 0 fully saturated rings. The summed E-state index contributed by atoms with van der Waals surface area (Å²) >= 11 is 0. The summed E-state index contributed by atoms with van der Waals surface area (Å²) in [5.74, 6) is 0.00128. The number of carbonyl (C=O) groups excluding carboxylic acids is 2. The highest BCUT2D eigenvalue weighted by Crippen LogP contribution is 2.15. The van der Waals surface area contributed by atoms with Crippen LogP contribution in [0.2, 0.25) is 0 Å². The molecule has 0 saturated carbocycles. The highest BCUT2D eigenvalue weighted by molar-refractivity contribution is 5.91. The Morgan fingerprint density at radius 2 is 1.67 bits per heavy atom. The van der Waals surface area contributed by atoms with Gasteiger partial charge in [0.2, 0.25) is 11.8 Å². The Bertz CT molecular complexity index is 503. The van der Waals surface area contributed by atoms with Crippen molar-refractivity contribution in [3.05, 3.63) is 24.3 Å². The summed E-state index contributed by atoms with van der Waals surface area (Å²) in [4.78, 5) is 23.4. The van der Waals surface area contributed by atoms with Gasteiger partial charge in [-0.3, -0.25) is 9.59 Å². The third-order valence-corrected chi connectivity index (χ3v) is 3.68. The third-order valence-electron chi connectivity index (χ3n) is 3.68. The quantitative estimate of drug-likeness (QED) is 0.508. The average Bonchev–Trinajstić information content (AvgIpc) is 2.56. The first-order chi connectivity index (χ1) is 11.7. The van der Waals surface area contributed by atoms with Crippen LogP contribution in [0.25, 0.3) is 0 Å². The van der Waals surface area contributed by atoms with Gasteiger partial charge in [0.25, 0.3) is 0 Å². The van der Waals surface area contributed by atoms with E-state index in [0.29, 0.717) is 6.42 Å². The number of hydrogen-bond acceptors (Lipinski definition) is 3. The molecular weight excluding hydrogens is 302 g/mol. The molecular formula is C19H31N3O2. The molecule has 24 heavy (non-hydrogen) atoms. The first-order valence-corrected chi connectivity index (χ1v) is 9.06. The number of benzene rings is 1.